The van der Waals surface area contributed by atoms with Gasteiger partial charge in [-0.25, -0.2) is 13.4 Å². The van der Waals surface area contributed by atoms with E-state index in [1.54, 1.807) is 10.8 Å². The van der Waals surface area contributed by atoms with Crippen LogP contribution < -0.4 is 13.8 Å². The van der Waals surface area contributed by atoms with Crippen LogP contribution in [0.5, 0.6) is 11.5 Å². The molecular formula is C16H14FN3O5S. The number of hydrogen-bond donors (Lipinski definition) is 2. The Labute approximate surface area is 148 Å². The molecule has 1 aliphatic rings. The molecule has 1 heterocycles. The highest BCUT2D eigenvalue weighted by atomic mass is 32.2. The van der Waals surface area contributed by atoms with Crippen molar-refractivity contribution in [1.29, 1.82) is 5.26 Å². The van der Waals surface area contributed by atoms with Gasteiger partial charge in [0.05, 0.1) is 12.7 Å². The van der Waals surface area contributed by atoms with Gasteiger partial charge in [-0.3, -0.25) is 4.79 Å². The molecule has 2 aromatic rings. The smallest absolute Gasteiger partial charge is 0.326 e. The summed E-state index contributed by atoms with van der Waals surface area (Å²) in [4.78, 5) is 11.4. The highest BCUT2D eigenvalue weighted by Crippen LogP contribution is 2.39. The number of fused-ring (bicyclic) bond motifs is 1. The maximum absolute atomic E-state index is 15.0. The van der Waals surface area contributed by atoms with Crippen LogP contribution in [-0.4, -0.2) is 32.6 Å². The summed E-state index contributed by atoms with van der Waals surface area (Å²) in [5.41, 5.74) is -0.600. The summed E-state index contributed by atoms with van der Waals surface area (Å²) in [6.45, 7) is -0.354. The maximum atomic E-state index is 15.0. The molecule has 2 aromatic carbocycles. The van der Waals surface area contributed by atoms with Crippen LogP contribution in [0.2, 0.25) is 0 Å². The fourth-order valence-corrected chi connectivity index (χ4v) is 3.78. The zero-order valence-electron chi connectivity index (χ0n) is 13.4. The number of phenolic OH excluding ortho intramolecular Hbond substituents is 1. The van der Waals surface area contributed by atoms with Gasteiger partial charge in [-0.1, -0.05) is 6.07 Å². The van der Waals surface area contributed by atoms with Gasteiger partial charge in [0.25, 0.3) is 5.91 Å². The lowest BCUT2D eigenvalue weighted by Crippen LogP contribution is -2.30. The van der Waals surface area contributed by atoms with Gasteiger partial charge in [0, 0.05) is 11.8 Å². The number of amides is 1. The van der Waals surface area contributed by atoms with Gasteiger partial charge in [-0.15, -0.1) is 0 Å². The molecule has 8 nitrogen and oxygen atoms in total. The van der Waals surface area contributed by atoms with Crippen molar-refractivity contribution in [1.82, 2.24) is 4.72 Å². The fourth-order valence-electron chi connectivity index (χ4n) is 2.62. The van der Waals surface area contributed by atoms with Crippen molar-refractivity contribution < 1.29 is 27.4 Å². The van der Waals surface area contributed by atoms with Crippen molar-refractivity contribution in [2.75, 3.05) is 17.5 Å². The Kier molecular flexibility index (Phi) is 4.56. The summed E-state index contributed by atoms with van der Waals surface area (Å²) in [7, 11) is -4.26. The molecule has 1 saturated heterocycles. The lowest BCUT2D eigenvalue weighted by molar-refractivity contribution is -0.117. The SMILES string of the molecule is N#CCCCOc1ccc2cc(O)c(N3CC(=O)NS3(=O)=O)c(F)c2c1. The minimum Gasteiger partial charge on any atom is -0.506 e. The summed E-state index contributed by atoms with van der Waals surface area (Å²) in [6, 6.07) is 7.66. The lowest BCUT2D eigenvalue weighted by atomic mass is 10.1. The number of aromatic hydroxyl groups is 1. The molecule has 1 amide bonds. The van der Waals surface area contributed by atoms with Crippen molar-refractivity contribution in [3.05, 3.63) is 30.1 Å². The Morgan fingerprint density at radius 3 is 2.81 bits per heavy atom. The summed E-state index contributed by atoms with van der Waals surface area (Å²) in [6.07, 6.45) is 0.839. The van der Waals surface area contributed by atoms with E-state index >= 15 is 0 Å². The van der Waals surface area contributed by atoms with Gasteiger partial charge in [0.2, 0.25) is 0 Å². The molecule has 0 saturated carbocycles. The van der Waals surface area contributed by atoms with E-state index in [0.29, 0.717) is 28.3 Å². The molecule has 26 heavy (non-hydrogen) atoms. The molecule has 0 unspecified atom stereocenters. The number of benzene rings is 2. The number of nitriles is 1. The van der Waals surface area contributed by atoms with Crippen LogP contribution in [0, 0.1) is 17.1 Å². The van der Waals surface area contributed by atoms with Crippen LogP contribution >= 0.6 is 0 Å². The van der Waals surface area contributed by atoms with Crippen molar-refractivity contribution in [3.8, 4) is 17.6 Å². The quantitative estimate of drug-likeness (QED) is 0.761. The van der Waals surface area contributed by atoms with E-state index in [9.17, 15) is 22.7 Å². The van der Waals surface area contributed by atoms with Crippen LogP contribution in [0.15, 0.2) is 24.3 Å². The van der Waals surface area contributed by atoms with Crippen molar-refractivity contribution >= 4 is 32.6 Å². The Bertz CT molecular complexity index is 1030. The monoisotopic (exact) mass is 379 g/mol. The zero-order chi connectivity index (χ0) is 18.9. The molecule has 0 bridgehead atoms. The molecule has 10 heteroatoms. The van der Waals surface area contributed by atoms with E-state index in [1.165, 1.54) is 18.2 Å². The summed E-state index contributed by atoms with van der Waals surface area (Å²) >= 11 is 0. The van der Waals surface area contributed by atoms with Gasteiger partial charge in [0.15, 0.2) is 5.82 Å². The van der Waals surface area contributed by atoms with Crippen LogP contribution in [0.25, 0.3) is 10.8 Å². The lowest BCUT2D eigenvalue weighted by Gasteiger charge is -2.18. The third-order valence-corrected chi connectivity index (χ3v) is 5.15. The van der Waals surface area contributed by atoms with E-state index < -0.39 is 39.9 Å². The average Bonchev–Trinajstić information content (AvgIpc) is 2.84. The van der Waals surface area contributed by atoms with Gasteiger partial charge < -0.3 is 9.84 Å². The Hall–Kier alpha value is -3.06. The predicted octanol–water partition coefficient (Wildman–Crippen LogP) is 1.55. The highest BCUT2D eigenvalue weighted by molar-refractivity contribution is 7.92. The molecule has 0 radical (unpaired) electrons. The molecule has 0 atom stereocenters. The van der Waals surface area contributed by atoms with Gasteiger partial charge >= 0.3 is 10.2 Å². The molecule has 1 fully saturated rings. The van der Waals surface area contributed by atoms with Crippen LogP contribution in [0.4, 0.5) is 10.1 Å². The maximum Gasteiger partial charge on any atom is 0.326 e. The molecule has 3 rings (SSSR count). The second kappa shape index (κ2) is 6.68. The largest absolute Gasteiger partial charge is 0.506 e. The number of ether oxygens (including phenoxy) is 1. The number of nitrogens with one attached hydrogen (secondary N) is 1. The molecule has 0 aliphatic carbocycles. The molecule has 0 spiro atoms. The van der Waals surface area contributed by atoms with Crippen LogP contribution in [0.3, 0.4) is 0 Å². The number of nitrogens with zero attached hydrogens (tertiary/aromatic N) is 2. The van der Waals surface area contributed by atoms with E-state index in [1.807, 2.05) is 6.07 Å². The predicted molar refractivity (Wildman–Crippen MR) is 90.3 cm³/mol. The minimum absolute atomic E-state index is 0.0325. The normalized spacial score (nSPS) is 15.7. The Morgan fingerprint density at radius 2 is 2.15 bits per heavy atom. The van der Waals surface area contributed by atoms with Gasteiger partial charge in [-0.05, 0) is 30.0 Å². The van der Waals surface area contributed by atoms with Crippen molar-refractivity contribution in [2.24, 2.45) is 0 Å². The van der Waals surface area contributed by atoms with Crippen molar-refractivity contribution in [3.63, 3.8) is 0 Å². The number of anilines is 1. The first-order chi connectivity index (χ1) is 12.3. The van der Waals surface area contributed by atoms with E-state index in [-0.39, 0.29) is 12.0 Å². The van der Waals surface area contributed by atoms with Crippen molar-refractivity contribution in [2.45, 2.75) is 12.8 Å². The first-order valence-corrected chi connectivity index (χ1v) is 9.06. The zero-order valence-corrected chi connectivity index (χ0v) is 14.2. The second-order valence-corrected chi connectivity index (χ2v) is 7.18. The molecule has 0 aromatic heterocycles. The topological polar surface area (TPSA) is 120 Å². The van der Waals surface area contributed by atoms with E-state index in [2.05, 4.69) is 0 Å². The Balaban J connectivity index is 2.03. The standard InChI is InChI=1S/C16H14FN3O5S/c17-15-12-8-11(25-6-2-1-5-18)4-3-10(12)7-13(21)16(15)20-9-14(22)19-26(20,23)24/h3-4,7-8,21H,1-2,6,9H2,(H,19,22). The summed E-state index contributed by atoms with van der Waals surface area (Å²) in [5, 5.41) is 19.0. The third-order valence-electron chi connectivity index (χ3n) is 3.78. The number of rotatable bonds is 5. The molecule has 136 valence electrons. The molecule has 1 aliphatic heterocycles. The average molecular weight is 379 g/mol. The first kappa shape index (κ1) is 17.8. The number of unbranched alkanes of at least 4 members (excludes halogenated alkanes) is 1. The number of carbonyl (C=O) groups is 1. The molecular weight excluding hydrogens is 365 g/mol. The minimum atomic E-state index is -4.26. The number of hydrogen-bond acceptors (Lipinski definition) is 6. The number of halogens is 1. The van der Waals surface area contributed by atoms with E-state index in [4.69, 9.17) is 10.00 Å². The fraction of sp³-hybridized carbons (Fsp3) is 0.250. The first-order valence-electron chi connectivity index (χ1n) is 7.62. The third kappa shape index (κ3) is 3.21. The number of carbonyl (C=O) groups excluding carboxylic acids is 1. The van der Waals surface area contributed by atoms with Gasteiger partial charge in [0.1, 0.15) is 23.7 Å². The second-order valence-electron chi connectivity index (χ2n) is 5.59. The summed E-state index contributed by atoms with van der Waals surface area (Å²) in [5.74, 6) is -2.07. The Morgan fingerprint density at radius 1 is 1.38 bits per heavy atom. The van der Waals surface area contributed by atoms with E-state index in [0.717, 1.165) is 0 Å². The summed E-state index contributed by atoms with van der Waals surface area (Å²) < 4.78 is 46.5. The number of phenols is 1. The highest BCUT2D eigenvalue weighted by Gasteiger charge is 2.37. The van der Waals surface area contributed by atoms with Crippen LogP contribution in [-0.2, 0) is 15.0 Å². The molecule has 2 N–H and O–H groups in total. The van der Waals surface area contributed by atoms with Crippen LogP contribution in [0.1, 0.15) is 12.8 Å². The van der Waals surface area contributed by atoms with Gasteiger partial charge in [-0.2, -0.15) is 13.7 Å².